The number of benzene rings is 2. The monoisotopic (exact) mass is 376 g/mol. The van der Waals surface area contributed by atoms with Crippen LogP contribution >= 0.6 is 34.5 Å². The molecule has 0 aliphatic heterocycles. The van der Waals surface area contributed by atoms with Crippen LogP contribution in [0.1, 0.15) is 15.4 Å². The number of aromatic nitrogens is 1. The summed E-state index contributed by atoms with van der Waals surface area (Å²) >= 11 is 13.2. The summed E-state index contributed by atoms with van der Waals surface area (Å²) in [6.45, 7) is 1.85. The zero-order valence-electron chi connectivity index (χ0n) is 13.1. The molecule has 0 saturated carbocycles. The lowest BCUT2D eigenvalue weighted by atomic mass is 10.2. The topological polar surface area (TPSA) is 33.2 Å². The highest BCUT2D eigenvalue weighted by molar-refractivity contribution is 7.17. The number of carbonyl (C=O) groups excluding carboxylic acids is 1. The van der Waals surface area contributed by atoms with Crippen molar-refractivity contribution >= 4 is 46.1 Å². The molecule has 0 spiro atoms. The molecule has 3 rings (SSSR count). The van der Waals surface area contributed by atoms with Gasteiger partial charge in [0.15, 0.2) is 0 Å². The van der Waals surface area contributed by atoms with Crippen LogP contribution in [0.4, 0.5) is 5.69 Å². The molecule has 1 aromatic heterocycles. The van der Waals surface area contributed by atoms with E-state index in [2.05, 4.69) is 4.98 Å². The number of rotatable bonds is 3. The molecule has 1 heterocycles. The van der Waals surface area contributed by atoms with Crippen LogP contribution in [-0.2, 0) is 0 Å². The van der Waals surface area contributed by atoms with Crippen molar-refractivity contribution in [3.05, 3.63) is 69.1 Å². The van der Waals surface area contributed by atoms with Crippen LogP contribution in [-0.4, -0.2) is 17.9 Å². The molecule has 0 bridgehead atoms. The molecule has 0 atom stereocenters. The van der Waals surface area contributed by atoms with Gasteiger partial charge in [0.2, 0.25) is 0 Å². The Morgan fingerprint density at radius 1 is 1.00 bits per heavy atom. The fourth-order valence-electron chi connectivity index (χ4n) is 2.25. The Balaban J connectivity index is 1.90. The van der Waals surface area contributed by atoms with E-state index in [4.69, 9.17) is 23.2 Å². The molecule has 0 saturated heterocycles. The third-order valence-electron chi connectivity index (χ3n) is 3.60. The van der Waals surface area contributed by atoms with Crippen molar-refractivity contribution in [1.82, 2.24) is 4.98 Å². The molecule has 122 valence electrons. The third-order valence-corrected chi connectivity index (χ3v) is 5.30. The first-order chi connectivity index (χ1) is 11.5. The molecule has 1 amide bonds. The number of halogens is 2. The van der Waals surface area contributed by atoms with E-state index in [1.54, 1.807) is 24.1 Å². The molecule has 0 aliphatic rings. The summed E-state index contributed by atoms with van der Waals surface area (Å²) in [4.78, 5) is 19.5. The zero-order chi connectivity index (χ0) is 17.3. The van der Waals surface area contributed by atoms with Crippen LogP contribution in [0.15, 0.2) is 48.5 Å². The normalized spacial score (nSPS) is 10.7. The molecule has 6 heteroatoms. The second-order valence-electron chi connectivity index (χ2n) is 5.28. The fourth-order valence-corrected chi connectivity index (χ4v) is 3.54. The van der Waals surface area contributed by atoms with Gasteiger partial charge in [-0.25, -0.2) is 4.98 Å². The minimum absolute atomic E-state index is 0.0902. The number of hydrogen-bond donors (Lipinski definition) is 0. The standard InChI is InChI=1S/C18H14Cl2N2OS/c1-11-16(18(23)22(2)15-9-7-14(20)8-10-15)24-17(21-11)12-3-5-13(19)6-4-12/h3-10H,1-2H3. The number of aryl methyl sites for hydroxylation is 1. The molecular weight excluding hydrogens is 363 g/mol. The summed E-state index contributed by atoms with van der Waals surface area (Å²) in [5.74, 6) is -0.0902. The van der Waals surface area contributed by atoms with Gasteiger partial charge in [-0.1, -0.05) is 35.3 Å². The van der Waals surface area contributed by atoms with Gasteiger partial charge in [-0.05, 0) is 43.3 Å². The molecule has 3 nitrogen and oxygen atoms in total. The number of thiazole rings is 1. The minimum atomic E-state index is -0.0902. The lowest BCUT2D eigenvalue weighted by Gasteiger charge is -2.16. The molecular formula is C18H14Cl2N2OS. The molecule has 0 unspecified atom stereocenters. The van der Waals surface area contributed by atoms with E-state index in [1.807, 2.05) is 43.3 Å². The van der Waals surface area contributed by atoms with Crippen molar-refractivity contribution in [2.24, 2.45) is 0 Å². The van der Waals surface area contributed by atoms with Crippen LogP contribution in [0.3, 0.4) is 0 Å². The van der Waals surface area contributed by atoms with Crippen molar-refractivity contribution in [2.75, 3.05) is 11.9 Å². The summed E-state index contributed by atoms with van der Waals surface area (Å²) < 4.78 is 0. The van der Waals surface area contributed by atoms with Gasteiger partial charge in [0, 0.05) is 28.3 Å². The van der Waals surface area contributed by atoms with E-state index in [-0.39, 0.29) is 5.91 Å². The van der Waals surface area contributed by atoms with E-state index < -0.39 is 0 Å². The van der Waals surface area contributed by atoms with Gasteiger partial charge < -0.3 is 4.90 Å². The Kier molecular flexibility index (Phi) is 4.90. The maximum absolute atomic E-state index is 12.8. The van der Waals surface area contributed by atoms with Gasteiger partial charge >= 0.3 is 0 Å². The van der Waals surface area contributed by atoms with Crippen LogP contribution in [0.2, 0.25) is 10.0 Å². The number of hydrogen-bond acceptors (Lipinski definition) is 3. The number of nitrogens with zero attached hydrogens (tertiary/aromatic N) is 2. The van der Waals surface area contributed by atoms with Crippen molar-refractivity contribution < 1.29 is 4.79 Å². The van der Waals surface area contributed by atoms with Gasteiger partial charge in [0.05, 0.1) is 5.69 Å². The lowest BCUT2D eigenvalue weighted by molar-refractivity contribution is 0.0996. The number of anilines is 1. The average Bonchev–Trinajstić information content (AvgIpc) is 2.96. The summed E-state index contributed by atoms with van der Waals surface area (Å²) in [5.41, 5.74) is 2.45. The van der Waals surface area contributed by atoms with E-state index >= 15 is 0 Å². The summed E-state index contributed by atoms with van der Waals surface area (Å²) in [7, 11) is 1.74. The Hall–Kier alpha value is -1.88. The lowest BCUT2D eigenvalue weighted by Crippen LogP contribution is -2.25. The van der Waals surface area contributed by atoms with Crippen molar-refractivity contribution in [1.29, 1.82) is 0 Å². The predicted molar refractivity (Wildman–Crippen MR) is 101 cm³/mol. The molecule has 0 radical (unpaired) electrons. The van der Waals surface area contributed by atoms with Crippen molar-refractivity contribution in [3.8, 4) is 10.6 Å². The first-order valence-electron chi connectivity index (χ1n) is 7.22. The number of amides is 1. The van der Waals surface area contributed by atoms with Crippen LogP contribution in [0.5, 0.6) is 0 Å². The summed E-state index contributed by atoms with van der Waals surface area (Å²) in [5, 5.41) is 2.11. The van der Waals surface area contributed by atoms with E-state index in [0.29, 0.717) is 14.9 Å². The molecule has 0 fully saturated rings. The quantitative estimate of drug-likeness (QED) is 0.586. The molecule has 2 aromatic carbocycles. The third kappa shape index (κ3) is 3.46. The Morgan fingerprint density at radius 2 is 1.54 bits per heavy atom. The first kappa shape index (κ1) is 17.0. The maximum Gasteiger partial charge on any atom is 0.270 e. The second-order valence-corrected chi connectivity index (χ2v) is 7.15. The van der Waals surface area contributed by atoms with Gasteiger partial charge in [-0.3, -0.25) is 4.79 Å². The summed E-state index contributed by atoms with van der Waals surface area (Å²) in [6, 6.07) is 14.6. The highest BCUT2D eigenvalue weighted by Crippen LogP contribution is 2.30. The second kappa shape index (κ2) is 6.93. The maximum atomic E-state index is 12.8. The van der Waals surface area contributed by atoms with Crippen LogP contribution in [0, 0.1) is 6.92 Å². The Morgan fingerprint density at radius 3 is 2.12 bits per heavy atom. The van der Waals surface area contributed by atoms with Crippen molar-refractivity contribution in [3.63, 3.8) is 0 Å². The Labute approximate surface area is 154 Å². The van der Waals surface area contributed by atoms with Gasteiger partial charge in [0.1, 0.15) is 9.88 Å². The fraction of sp³-hybridized carbons (Fsp3) is 0.111. The molecule has 0 N–H and O–H groups in total. The smallest absolute Gasteiger partial charge is 0.270 e. The van der Waals surface area contributed by atoms with Gasteiger partial charge in [-0.15, -0.1) is 11.3 Å². The van der Waals surface area contributed by atoms with E-state index in [0.717, 1.165) is 22.0 Å². The summed E-state index contributed by atoms with van der Waals surface area (Å²) in [6.07, 6.45) is 0. The van der Waals surface area contributed by atoms with E-state index in [1.165, 1.54) is 11.3 Å². The van der Waals surface area contributed by atoms with Crippen LogP contribution < -0.4 is 4.90 Å². The molecule has 3 aromatic rings. The SMILES string of the molecule is Cc1nc(-c2ccc(Cl)cc2)sc1C(=O)N(C)c1ccc(Cl)cc1. The number of carbonyl (C=O) groups is 1. The average molecular weight is 377 g/mol. The predicted octanol–water partition coefficient (Wildman–Crippen LogP) is 5.70. The van der Waals surface area contributed by atoms with Gasteiger partial charge in [0.25, 0.3) is 5.91 Å². The molecule has 24 heavy (non-hydrogen) atoms. The van der Waals surface area contributed by atoms with Crippen molar-refractivity contribution in [2.45, 2.75) is 6.92 Å². The Bertz CT molecular complexity index is 873. The van der Waals surface area contributed by atoms with Gasteiger partial charge in [-0.2, -0.15) is 0 Å². The highest BCUT2D eigenvalue weighted by atomic mass is 35.5. The van der Waals surface area contributed by atoms with Crippen LogP contribution in [0.25, 0.3) is 10.6 Å². The largest absolute Gasteiger partial charge is 0.311 e. The molecule has 0 aliphatic carbocycles. The minimum Gasteiger partial charge on any atom is -0.311 e. The first-order valence-corrected chi connectivity index (χ1v) is 8.80. The van der Waals surface area contributed by atoms with E-state index in [9.17, 15) is 4.79 Å². The highest BCUT2D eigenvalue weighted by Gasteiger charge is 2.20. The zero-order valence-corrected chi connectivity index (χ0v) is 15.4.